The van der Waals surface area contributed by atoms with E-state index in [0.29, 0.717) is 37.0 Å². The molecule has 3 rings (SSSR count). The van der Waals surface area contributed by atoms with Crippen molar-refractivity contribution < 1.29 is 17.9 Å². The van der Waals surface area contributed by atoms with E-state index in [2.05, 4.69) is 17.1 Å². The van der Waals surface area contributed by atoms with Gasteiger partial charge in [0.15, 0.2) is 0 Å². The number of amides is 1. The molecule has 0 spiro atoms. The van der Waals surface area contributed by atoms with Crippen molar-refractivity contribution in [1.82, 2.24) is 9.21 Å². The molecular formula is C20H31N3O4S. The fourth-order valence-corrected chi connectivity index (χ4v) is 5.73. The number of methoxy groups -OCH3 is 1. The first-order valence-electron chi connectivity index (χ1n) is 10.1. The molecule has 1 aromatic rings. The van der Waals surface area contributed by atoms with E-state index in [1.807, 2.05) is 0 Å². The van der Waals surface area contributed by atoms with Gasteiger partial charge in [-0.25, -0.2) is 8.42 Å². The van der Waals surface area contributed by atoms with Crippen molar-refractivity contribution in [3.8, 4) is 5.75 Å². The molecule has 2 saturated heterocycles. The van der Waals surface area contributed by atoms with Gasteiger partial charge in [-0.2, -0.15) is 4.31 Å². The summed E-state index contributed by atoms with van der Waals surface area (Å²) >= 11 is 0. The largest absolute Gasteiger partial charge is 0.495 e. The van der Waals surface area contributed by atoms with Gasteiger partial charge >= 0.3 is 0 Å². The summed E-state index contributed by atoms with van der Waals surface area (Å²) in [5.41, 5.74) is 0.478. The lowest BCUT2D eigenvalue weighted by Crippen LogP contribution is -2.39. The fraction of sp³-hybridized carbons (Fsp3) is 0.650. The summed E-state index contributed by atoms with van der Waals surface area (Å²) in [7, 11) is -2.19. The first-order chi connectivity index (χ1) is 13.4. The van der Waals surface area contributed by atoms with Gasteiger partial charge in [0.1, 0.15) is 10.6 Å². The minimum atomic E-state index is -3.65. The molecule has 0 unspecified atom stereocenters. The van der Waals surface area contributed by atoms with Gasteiger partial charge in [-0.1, -0.05) is 13.3 Å². The summed E-state index contributed by atoms with van der Waals surface area (Å²) < 4.78 is 33.0. The highest BCUT2D eigenvalue weighted by Gasteiger charge is 2.29. The summed E-state index contributed by atoms with van der Waals surface area (Å²) in [6.07, 6.45) is 5.09. The number of ether oxygens (including phenoxy) is 1. The molecule has 28 heavy (non-hydrogen) atoms. The number of nitrogens with one attached hydrogen (secondary N) is 1. The number of nitrogens with zero attached hydrogens (tertiary/aromatic N) is 2. The quantitative estimate of drug-likeness (QED) is 0.781. The molecule has 1 N–H and O–H groups in total. The molecule has 8 heteroatoms. The second kappa shape index (κ2) is 9.24. The van der Waals surface area contributed by atoms with E-state index in [0.717, 1.165) is 38.8 Å². The maximum absolute atomic E-state index is 13.1. The Morgan fingerprint density at radius 1 is 1.18 bits per heavy atom. The van der Waals surface area contributed by atoms with Crippen molar-refractivity contribution in [1.29, 1.82) is 0 Å². The van der Waals surface area contributed by atoms with E-state index in [4.69, 9.17) is 4.74 Å². The zero-order valence-corrected chi connectivity index (χ0v) is 17.6. The molecule has 156 valence electrons. The Hall–Kier alpha value is -1.64. The minimum absolute atomic E-state index is 0.112. The van der Waals surface area contributed by atoms with Crippen molar-refractivity contribution in [2.24, 2.45) is 5.92 Å². The van der Waals surface area contributed by atoms with Crippen LogP contribution in [0.5, 0.6) is 5.75 Å². The van der Waals surface area contributed by atoms with Crippen LogP contribution in [0.25, 0.3) is 0 Å². The van der Waals surface area contributed by atoms with Crippen LogP contribution in [0.4, 0.5) is 5.69 Å². The average Bonchev–Trinajstić information content (AvgIpc) is 2.68. The van der Waals surface area contributed by atoms with Crippen molar-refractivity contribution in [2.75, 3.05) is 45.2 Å². The lowest BCUT2D eigenvalue weighted by molar-refractivity contribution is -0.117. The Kier molecular flexibility index (Phi) is 6.95. The van der Waals surface area contributed by atoms with Crippen LogP contribution < -0.4 is 10.1 Å². The minimum Gasteiger partial charge on any atom is -0.495 e. The van der Waals surface area contributed by atoms with E-state index in [9.17, 15) is 13.2 Å². The highest BCUT2D eigenvalue weighted by Crippen LogP contribution is 2.31. The van der Waals surface area contributed by atoms with Crippen molar-refractivity contribution in [3.63, 3.8) is 0 Å². The summed E-state index contributed by atoms with van der Waals surface area (Å²) in [6, 6.07) is 4.81. The number of hydrogen-bond donors (Lipinski definition) is 1. The van der Waals surface area contributed by atoms with E-state index in [1.54, 1.807) is 12.1 Å². The van der Waals surface area contributed by atoms with Gasteiger partial charge in [0.2, 0.25) is 15.9 Å². The van der Waals surface area contributed by atoms with Crippen LogP contribution in [-0.2, 0) is 14.8 Å². The number of carbonyl (C=O) groups excluding carboxylic acids is 1. The second-order valence-corrected chi connectivity index (χ2v) is 9.77. The highest BCUT2D eigenvalue weighted by molar-refractivity contribution is 7.89. The van der Waals surface area contributed by atoms with Crippen LogP contribution in [0.2, 0.25) is 0 Å². The Balaban J connectivity index is 1.74. The lowest BCUT2D eigenvalue weighted by Gasteiger charge is -2.30. The smallest absolute Gasteiger partial charge is 0.246 e. The zero-order chi connectivity index (χ0) is 20.1. The molecule has 2 heterocycles. The maximum Gasteiger partial charge on any atom is 0.246 e. The Labute approximate surface area is 168 Å². The fourth-order valence-electron chi connectivity index (χ4n) is 4.03. The van der Waals surface area contributed by atoms with Crippen molar-refractivity contribution in [2.45, 2.75) is 43.9 Å². The first kappa shape index (κ1) is 21.1. The standard InChI is InChI=1S/C20H31N3O4S/c1-16-7-6-10-22(14-16)15-20(24)21-17-8-9-18(27-2)19(13-17)28(25,26)23-11-4-3-5-12-23/h8-9,13,16H,3-7,10-12,14-15H2,1-2H3,(H,21,24)/t16-/m0/s1. The van der Waals surface area contributed by atoms with E-state index in [1.165, 1.54) is 23.9 Å². The maximum atomic E-state index is 13.1. The predicted octanol–water partition coefficient (Wildman–Crippen LogP) is 2.54. The number of hydrogen-bond acceptors (Lipinski definition) is 5. The third kappa shape index (κ3) is 5.04. The summed E-state index contributed by atoms with van der Waals surface area (Å²) in [4.78, 5) is 14.7. The van der Waals surface area contributed by atoms with Gasteiger partial charge in [0.05, 0.1) is 13.7 Å². The first-order valence-corrected chi connectivity index (χ1v) is 11.5. The Bertz CT molecular complexity index is 791. The van der Waals surface area contributed by atoms with Crippen molar-refractivity contribution in [3.05, 3.63) is 18.2 Å². The highest BCUT2D eigenvalue weighted by atomic mass is 32.2. The van der Waals surface area contributed by atoms with Gasteiger partial charge in [0.25, 0.3) is 0 Å². The summed E-state index contributed by atoms with van der Waals surface area (Å²) in [6.45, 7) is 5.42. The van der Waals surface area contributed by atoms with Gasteiger partial charge in [0, 0.05) is 25.3 Å². The van der Waals surface area contributed by atoms with E-state index >= 15 is 0 Å². The molecule has 0 saturated carbocycles. The van der Waals surface area contributed by atoms with Crippen LogP contribution >= 0.6 is 0 Å². The molecule has 0 aliphatic carbocycles. The van der Waals surface area contributed by atoms with Crippen LogP contribution in [0.3, 0.4) is 0 Å². The molecular weight excluding hydrogens is 378 g/mol. The number of anilines is 1. The Morgan fingerprint density at radius 3 is 2.61 bits per heavy atom. The zero-order valence-electron chi connectivity index (χ0n) is 16.8. The van der Waals surface area contributed by atoms with Gasteiger partial charge in [-0.05, 0) is 56.3 Å². The number of piperidine rings is 2. The molecule has 2 aliphatic heterocycles. The number of carbonyl (C=O) groups is 1. The van der Waals surface area contributed by atoms with Crippen LogP contribution in [0, 0.1) is 5.92 Å². The van der Waals surface area contributed by atoms with Crippen LogP contribution in [0.1, 0.15) is 39.0 Å². The average molecular weight is 410 g/mol. The number of benzene rings is 1. The third-order valence-corrected chi connectivity index (χ3v) is 7.41. The van der Waals surface area contributed by atoms with Gasteiger partial charge in [-0.15, -0.1) is 0 Å². The lowest BCUT2D eigenvalue weighted by atomic mass is 10.0. The molecule has 2 fully saturated rings. The molecule has 1 atom stereocenters. The molecule has 1 amide bonds. The normalized spacial score (nSPS) is 22.0. The number of rotatable bonds is 6. The van der Waals surface area contributed by atoms with E-state index < -0.39 is 10.0 Å². The third-order valence-electron chi connectivity index (χ3n) is 5.49. The van der Waals surface area contributed by atoms with Gasteiger partial charge < -0.3 is 10.1 Å². The molecule has 7 nitrogen and oxygen atoms in total. The summed E-state index contributed by atoms with van der Waals surface area (Å²) in [5, 5.41) is 2.85. The number of likely N-dealkylation sites (tertiary alicyclic amines) is 1. The molecule has 0 aromatic heterocycles. The molecule has 0 bridgehead atoms. The Morgan fingerprint density at radius 2 is 1.93 bits per heavy atom. The topological polar surface area (TPSA) is 79.0 Å². The van der Waals surface area contributed by atoms with Crippen LogP contribution in [0.15, 0.2) is 23.1 Å². The SMILES string of the molecule is COc1ccc(NC(=O)CN2CCC[C@H](C)C2)cc1S(=O)(=O)N1CCCCC1. The van der Waals surface area contributed by atoms with Gasteiger partial charge in [-0.3, -0.25) is 9.69 Å². The molecule has 0 radical (unpaired) electrons. The number of sulfonamides is 1. The summed E-state index contributed by atoms with van der Waals surface area (Å²) in [5.74, 6) is 0.776. The second-order valence-electron chi connectivity index (χ2n) is 7.86. The molecule has 1 aromatic carbocycles. The molecule has 2 aliphatic rings. The van der Waals surface area contributed by atoms with Crippen LogP contribution in [-0.4, -0.2) is 63.4 Å². The predicted molar refractivity (Wildman–Crippen MR) is 109 cm³/mol. The van der Waals surface area contributed by atoms with E-state index in [-0.39, 0.29) is 10.8 Å². The monoisotopic (exact) mass is 409 g/mol. The van der Waals surface area contributed by atoms with Crippen molar-refractivity contribution >= 4 is 21.6 Å².